The van der Waals surface area contributed by atoms with Gasteiger partial charge in [-0.3, -0.25) is 14.5 Å². The Morgan fingerprint density at radius 3 is 2.50 bits per heavy atom. The maximum atomic E-state index is 12.8. The molecule has 3 saturated heterocycles. The first kappa shape index (κ1) is 23.4. The maximum Gasteiger partial charge on any atom is 0.228 e. The number of amides is 2. The second kappa shape index (κ2) is 11.4. The van der Waals surface area contributed by atoms with E-state index >= 15 is 0 Å². The highest BCUT2D eigenvalue weighted by Crippen LogP contribution is 2.32. The molecule has 9 nitrogen and oxygen atoms in total. The van der Waals surface area contributed by atoms with Gasteiger partial charge in [-0.1, -0.05) is 18.3 Å². The lowest BCUT2D eigenvalue weighted by atomic mass is 9.97. The third kappa shape index (κ3) is 5.96. The fraction of sp³-hybridized carbons (Fsp3) is 0.818. The van der Waals surface area contributed by atoms with Crippen LogP contribution in [0.5, 0.6) is 0 Å². The summed E-state index contributed by atoms with van der Waals surface area (Å²) >= 11 is 1.46. The van der Waals surface area contributed by atoms with Crippen molar-refractivity contribution in [2.24, 2.45) is 5.92 Å². The van der Waals surface area contributed by atoms with Crippen LogP contribution >= 0.6 is 11.3 Å². The van der Waals surface area contributed by atoms with E-state index in [1.54, 1.807) is 4.90 Å². The van der Waals surface area contributed by atoms with Gasteiger partial charge in [-0.2, -0.15) is 0 Å². The molecule has 4 heterocycles. The summed E-state index contributed by atoms with van der Waals surface area (Å²) in [5.41, 5.74) is 0. The predicted molar refractivity (Wildman–Crippen MR) is 127 cm³/mol. The molecule has 1 aromatic rings. The number of nitrogens with one attached hydrogen (secondary N) is 1. The smallest absolute Gasteiger partial charge is 0.228 e. The zero-order valence-corrected chi connectivity index (χ0v) is 20.1. The van der Waals surface area contributed by atoms with Crippen molar-refractivity contribution in [3.63, 3.8) is 0 Å². The fourth-order valence-electron chi connectivity index (χ4n) is 4.87. The predicted octanol–water partition coefficient (Wildman–Crippen LogP) is 1.42. The Kier molecular flexibility index (Phi) is 8.31. The number of piperidine rings is 1. The first-order chi connectivity index (χ1) is 15.6. The molecule has 1 aromatic heterocycles. The molecule has 0 saturated carbocycles. The van der Waals surface area contributed by atoms with Crippen molar-refractivity contribution in [1.82, 2.24) is 25.3 Å². The Morgan fingerprint density at radius 1 is 1.03 bits per heavy atom. The lowest BCUT2D eigenvalue weighted by Gasteiger charge is -2.34. The Bertz CT molecular complexity index is 765. The third-order valence-corrected chi connectivity index (χ3v) is 7.73. The lowest BCUT2D eigenvalue weighted by molar-refractivity contribution is -0.125. The van der Waals surface area contributed by atoms with Crippen molar-refractivity contribution in [2.45, 2.75) is 45.4 Å². The van der Waals surface area contributed by atoms with Crippen LogP contribution in [-0.4, -0.2) is 97.3 Å². The second-order valence-corrected chi connectivity index (χ2v) is 10.1. The van der Waals surface area contributed by atoms with Crippen molar-refractivity contribution < 1.29 is 9.59 Å². The second-order valence-electron chi connectivity index (χ2n) is 9.13. The summed E-state index contributed by atoms with van der Waals surface area (Å²) in [5, 5.41) is 13.2. The van der Waals surface area contributed by atoms with E-state index in [9.17, 15) is 9.59 Å². The zero-order valence-electron chi connectivity index (χ0n) is 19.3. The number of carbonyl (C=O) groups excluding carboxylic acids is 2. The molecule has 178 valence electrons. The highest BCUT2D eigenvalue weighted by molar-refractivity contribution is 7.19. The summed E-state index contributed by atoms with van der Waals surface area (Å²) in [6, 6.07) is 0. The van der Waals surface area contributed by atoms with Crippen molar-refractivity contribution >= 4 is 33.4 Å². The molecule has 0 spiro atoms. The zero-order chi connectivity index (χ0) is 22.3. The largest absolute Gasteiger partial charge is 0.356 e. The van der Waals surface area contributed by atoms with Crippen molar-refractivity contribution in [2.75, 3.05) is 75.2 Å². The average Bonchev–Trinajstić information content (AvgIpc) is 3.47. The van der Waals surface area contributed by atoms with Crippen LogP contribution in [0.15, 0.2) is 0 Å². The molecule has 0 aliphatic carbocycles. The van der Waals surface area contributed by atoms with Gasteiger partial charge in [0, 0.05) is 58.8 Å². The molecule has 0 bridgehead atoms. The summed E-state index contributed by atoms with van der Waals surface area (Å²) in [6.45, 7) is 12.1. The summed E-state index contributed by atoms with van der Waals surface area (Å²) in [5.74, 6) is 0.274. The highest BCUT2D eigenvalue weighted by atomic mass is 32.1. The molecule has 0 radical (unpaired) electrons. The summed E-state index contributed by atoms with van der Waals surface area (Å²) in [7, 11) is 0. The first-order valence-corrected chi connectivity index (χ1v) is 13.1. The minimum Gasteiger partial charge on any atom is -0.356 e. The minimum absolute atomic E-state index is 0.0119. The molecule has 10 heteroatoms. The standard InChI is InChI=1S/C22H37N7O2S/c1-2-9-26-13-15-27(16-14-26)10-5-8-23-20(31)18-6-3-11-28(17-18)21-24-25-22(32-21)29-12-4-7-19(29)30/h18H,2-17H2,1H3,(H,23,31)/t18-/m1/s1. The number of carbonyl (C=O) groups is 2. The van der Waals surface area contributed by atoms with E-state index in [0.717, 1.165) is 83.2 Å². The molecular formula is C22H37N7O2S. The Hall–Kier alpha value is -1.78. The molecule has 3 fully saturated rings. The van der Waals surface area contributed by atoms with Crippen LogP contribution in [0, 0.1) is 5.92 Å². The number of rotatable bonds is 9. The summed E-state index contributed by atoms with van der Waals surface area (Å²) < 4.78 is 0. The Labute approximate surface area is 195 Å². The van der Waals surface area contributed by atoms with E-state index in [4.69, 9.17) is 0 Å². The van der Waals surface area contributed by atoms with Crippen LogP contribution in [0.2, 0.25) is 0 Å². The Balaban J connectivity index is 1.17. The number of piperazine rings is 1. The van der Waals surface area contributed by atoms with Crippen LogP contribution < -0.4 is 15.1 Å². The highest BCUT2D eigenvalue weighted by Gasteiger charge is 2.30. The van der Waals surface area contributed by atoms with Gasteiger partial charge in [-0.25, -0.2) is 0 Å². The molecule has 1 N–H and O–H groups in total. The third-order valence-electron chi connectivity index (χ3n) is 6.73. The van der Waals surface area contributed by atoms with Crippen LogP contribution in [-0.2, 0) is 9.59 Å². The van der Waals surface area contributed by atoms with Crippen molar-refractivity contribution in [3.8, 4) is 0 Å². The number of hydrogen-bond donors (Lipinski definition) is 1. The van der Waals surface area contributed by atoms with E-state index in [0.29, 0.717) is 18.1 Å². The molecule has 0 aromatic carbocycles. The van der Waals surface area contributed by atoms with E-state index in [1.807, 2.05) is 0 Å². The number of anilines is 2. The van der Waals surface area contributed by atoms with Crippen molar-refractivity contribution in [3.05, 3.63) is 0 Å². The molecule has 2 amide bonds. The van der Waals surface area contributed by atoms with Gasteiger partial charge in [-0.15, -0.1) is 10.2 Å². The molecule has 3 aliphatic heterocycles. The minimum atomic E-state index is -0.0119. The average molecular weight is 464 g/mol. The van der Waals surface area contributed by atoms with E-state index in [1.165, 1.54) is 24.3 Å². The van der Waals surface area contributed by atoms with Crippen LogP contribution in [0.1, 0.15) is 45.4 Å². The molecule has 32 heavy (non-hydrogen) atoms. The number of aromatic nitrogens is 2. The SMILES string of the molecule is CCCN1CCN(CCCNC(=O)[C@@H]2CCCN(c3nnc(N4CCCC4=O)s3)C2)CC1. The molecule has 1 atom stereocenters. The normalized spacial score (nSPS) is 23.2. The molecular weight excluding hydrogens is 426 g/mol. The molecule has 0 unspecified atom stereocenters. The van der Waals surface area contributed by atoms with Gasteiger partial charge in [-0.05, 0) is 45.2 Å². The van der Waals surface area contributed by atoms with Gasteiger partial charge in [0.2, 0.25) is 22.1 Å². The van der Waals surface area contributed by atoms with E-state index in [-0.39, 0.29) is 17.7 Å². The number of nitrogens with zero attached hydrogens (tertiary/aromatic N) is 6. The maximum absolute atomic E-state index is 12.8. The van der Waals surface area contributed by atoms with Crippen molar-refractivity contribution in [1.29, 1.82) is 0 Å². The Morgan fingerprint density at radius 2 is 1.78 bits per heavy atom. The lowest BCUT2D eigenvalue weighted by Crippen LogP contribution is -2.47. The topological polar surface area (TPSA) is 84.9 Å². The van der Waals surface area contributed by atoms with Gasteiger partial charge in [0.1, 0.15) is 0 Å². The van der Waals surface area contributed by atoms with E-state index in [2.05, 4.69) is 37.1 Å². The quantitative estimate of drug-likeness (QED) is 0.555. The van der Waals surface area contributed by atoms with Gasteiger partial charge in [0.25, 0.3) is 0 Å². The summed E-state index contributed by atoms with van der Waals surface area (Å²) in [4.78, 5) is 33.7. The van der Waals surface area contributed by atoms with Crippen LogP contribution in [0.4, 0.5) is 10.3 Å². The fourth-order valence-corrected chi connectivity index (χ4v) is 5.80. The summed E-state index contributed by atoms with van der Waals surface area (Å²) in [6.07, 6.45) is 5.59. The van der Waals surface area contributed by atoms with Gasteiger partial charge in [0.15, 0.2) is 0 Å². The van der Waals surface area contributed by atoms with Crippen LogP contribution in [0.25, 0.3) is 0 Å². The van der Waals surface area contributed by atoms with E-state index < -0.39 is 0 Å². The van der Waals surface area contributed by atoms with Crippen LogP contribution in [0.3, 0.4) is 0 Å². The van der Waals surface area contributed by atoms with Gasteiger partial charge in [0.05, 0.1) is 5.92 Å². The monoisotopic (exact) mass is 463 g/mol. The number of hydrogen-bond acceptors (Lipinski definition) is 8. The first-order valence-electron chi connectivity index (χ1n) is 12.2. The molecule has 3 aliphatic rings. The van der Waals surface area contributed by atoms with Gasteiger partial charge < -0.3 is 20.0 Å². The molecule has 4 rings (SSSR count). The van der Waals surface area contributed by atoms with Gasteiger partial charge >= 0.3 is 0 Å².